The molecule has 2 N–H and O–H groups in total. The predicted molar refractivity (Wildman–Crippen MR) is 125 cm³/mol. The van der Waals surface area contributed by atoms with Gasteiger partial charge < -0.3 is 19.9 Å². The molecule has 1 aromatic heterocycles. The number of aromatic nitrogens is 2. The van der Waals surface area contributed by atoms with E-state index in [0.717, 1.165) is 53.9 Å². The lowest BCUT2D eigenvalue weighted by Gasteiger charge is -2.52. The van der Waals surface area contributed by atoms with E-state index in [1.54, 1.807) is 4.90 Å². The molecule has 172 valence electrons. The van der Waals surface area contributed by atoms with Crippen LogP contribution in [-0.4, -0.2) is 38.5 Å². The highest BCUT2D eigenvalue weighted by molar-refractivity contribution is 6.01. The van der Waals surface area contributed by atoms with Gasteiger partial charge in [0.05, 0.1) is 11.0 Å². The van der Waals surface area contributed by atoms with Gasteiger partial charge in [0.25, 0.3) is 0 Å². The van der Waals surface area contributed by atoms with Gasteiger partial charge in [0.2, 0.25) is 11.8 Å². The number of piperidine rings is 1. The third-order valence-corrected chi connectivity index (χ3v) is 7.22. The first-order valence-electron chi connectivity index (χ1n) is 11.7. The van der Waals surface area contributed by atoms with Gasteiger partial charge in [-0.15, -0.1) is 0 Å². The number of primary amides is 1. The van der Waals surface area contributed by atoms with Gasteiger partial charge in [-0.3, -0.25) is 9.59 Å². The van der Waals surface area contributed by atoms with Crippen molar-refractivity contribution >= 4 is 22.8 Å². The van der Waals surface area contributed by atoms with Crippen LogP contribution in [0, 0.1) is 5.92 Å². The molecule has 0 radical (unpaired) electrons. The number of unbranched alkanes of at least 4 members (excludes halogenated alkanes) is 2. The summed E-state index contributed by atoms with van der Waals surface area (Å²) in [5.41, 5.74) is 8.00. The average Bonchev–Trinajstić information content (AvgIpc) is 3.10. The van der Waals surface area contributed by atoms with Gasteiger partial charge in [-0.1, -0.05) is 36.8 Å². The van der Waals surface area contributed by atoms with Crippen LogP contribution in [-0.2, 0) is 23.1 Å². The number of aryl methyl sites for hydroxylation is 2. The molecule has 3 aromatic rings. The van der Waals surface area contributed by atoms with Crippen LogP contribution in [0.3, 0.4) is 0 Å². The molecule has 3 heterocycles. The van der Waals surface area contributed by atoms with Crippen LogP contribution in [0.15, 0.2) is 48.5 Å². The second-order valence-electron chi connectivity index (χ2n) is 9.38. The molecule has 2 bridgehead atoms. The quantitative estimate of drug-likeness (QED) is 0.444. The van der Waals surface area contributed by atoms with E-state index in [9.17, 15) is 9.59 Å². The van der Waals surface area contributed by atoms with Crippen molar-refractivity contribution in [2.75, 3.05) is 6.54 Å². The fraction of sp³-hybridized carbons (Fsp3) is 0.423. The Morgan fingerprint density at radius 1 is 1.15 bits per heavy atom. The molecule has 7 heteroatoms. The fourth-order valence-corrected chi connectivity index (χ4v) is 5.53. The van der Waals surface area contributed by atoms with Crippen molar-refractivity contribution in [1.29, 1.82) is 0 Å². The number of carbonyl (C=O) groups is 2. The normalized spacial score (nSPS) is 23.9. The first kappa shape index (κ1) is 21.5. The van der Waals surface area contributed by atoms with Crippen LogP contribution in [0.4, 0.5) is 0 Å². The van der Waals surface area contributed by atoms with Crippen LogP contribution >= 0.6 is 0 Å². The first-order chi connectivity index (χ1) is 15.9. The number of rotatable bonds is 7. The Kier molecular flexibility index (Phi) is 5.35. The van der Waals surface area contributed by atoms with Crippen molar-refractivity contribution in [2.24, 2.45) is 18.7 Å². The number of nitrogens with zero attached hydrogens (tertiary/aromatic N) is 3. The number of nitrogens with two attached hydrogens (primary N) is 1. The molecule has 3 atom stereocenters. The Bertz CT molecular complexity index is 1220. The smallest absolute Gasteiger partial charge is 0.238 e. The summed E-state index contributed by atoms with van der Waals surface area (Å²) >= 11 is 0. The zero-order valence-electron chi connectivity index (χ0n) is 19.2. The number of benzene rings is 2. The summed E-state index contributed by atoms with van der Waals surface area (Å²) < 4.78 is 8.47. The van der Waals surface area contributed by atoms with Crippen LogP contribution in [0.25, 0.3) is 11.0 Å². The minimum atomic E-state index is -0.844. The molecule has 2 aromatic carbocycles. The number of likely N-dealkylation sites (tertiary alicyclic amines) is 1. The van der Waals surface area contributed by atoms with Crippen LogP contribution < -0.4 is 10.5 Å². The standard InChI is InChI=1S/C26H30N4O3/c1-26-16-18(17-10-5-8-13-21(17)33-26)23(24(27)31)25(32)30(26)15-9-3-4-14-22-28-19-11-6-7-12-20(19)29(22)2/h5-8,10-13,18,23H,3-4,9,14-16H2,1-2H3,(H2,27,31). The van der Waals surface area contributed by atoms with Crippen molar-refractivity contribution in [3.05, 3.63) is 59.9 Å². The number of hydrogen-bond donors (Lipinski definition) is 1. The fourth-order valence-electron chi connectivity index (χ4n) is 5.53. The molecule has 0 aliphatic carbocycles. The molecular formula is C26H30N4O3. The molecule has 2 amide bonds. The molecule has 0 saturated carbocycles. The Morgan fingerprint density at radius 2 is 1.91 bits per heavy atom. The second kappa shape index (κ2) is 8.21. The summed E-state index contributed by atoms with van der Waals surface area (Å²) in [7, 11) is 2.05. The lowest BCUT2D eigenvalue weighted by molar-refractivity contribution is -0.175. The molecule has 0 spiro atoms. The Labute approximate surface area is 193 Å². The maximum Gasteiger partial charge on any atom is 0.238 e. The number of ether oxygens (including phenoxy) is 1. The predicted octanol–water partition coefficient (Wildman–Crippen LogP) is 3.51. The first-order valence-corrected chi connectivity index (χ1v) is 11.7. The highest BCUT2D eigenvalue weighted by atomic mass is 16.5. The zero-order valence-corrected chi connectivity index (χ0v) is 19.2. The van der Waals surface area contributed by atoms with Gasteiger partial charge in [-0.05, 0) is 43.5 Å². The van der Waals surface area contributed by atoms with Crippen LogP contribution in [0.2, 0.25) is 0 Å². The molecule has 5 rings (SSSR count). The summed E-state index contributed by atoms with van der Waals surface area (Å²) in [6.07, 6.45) is 4.20. The second-order valence-corrected chi connectivity index (χ2v) is 9.38. The van der Waals surface area contributed by atoms with Gasteiger partial charge in [-0.25, -0.2) is 4.98 Å². The van der Waals surface area contributed by atoms with Gasteiger partial charge in [0.1, 0.15) is 17.5 Å². The van der Waals surface area contributed by atoms with Crippen molar-refractivity contribution < 1.29 is 14.3 Å². The summed E-state index contributed by atoms with van der Waals surface area (Å²) in [5.74, 6) is -0.0495. The largest absolute Gasteiger partial charge is 0.468 e. The SMILES string of the molecule is Cn1c(CCCCCN2C(=O)C(C(N)=O)C3CC2(C)Oc2ccccc23)nc2ccccc21. The minimum absolute atomic E-state index is 0.217. The van der Waals surface area contributed by atoms with E-state index in [2.05, 4.69) is 17.7 Å². The van der Waals surface area contributed by atoms with Gasteiger partial charge in [0.15, 0.2) is 5.72 Å². The van der Waals surface area contributed by atoms with Crippen LogP contribution in [0.1, 0.15) is 49.9 Å². The van der Waals surface area contributed by atoms with Crippen molar-refractivity contribution in [3.63, 3.8) is 0 Å². The molecular weight excluding hydrogens is 416 g/mol. The Morgan fingerprint density at radius 3 is 2.70 bits per heavy atom. The van der Waals surface area contributed by atoms with Crippen LogP contribution in [0.5, 0.6) is 5.75 Å². The molecule has 1 fully saturated rings. The number of hydrogen-bond acceptors (Lipinski definition) is 4. The lowest BCUT2D eigenvalue weighted by atomic mass is 9.73. The highest BCUT2D eigenvalue weighted by Gasteiger charge is 2.55. The number of imidazole rings is 1. The topological polar surface area (TPSA) is 90.5 Å². The maximum atomic E-state index is 13.4. The van der Waals surface area contributed by atoms with E-state index < -0.39 is 17.6 Å². The number of carbonyl (C=O) groups excluding carboxylic acids is 2. The number of fused-ring (bicyclic) bond motifs is 5. The highest BCUT2D eigenvalue weighted by Crippen LogP contribution is 2.50. The average molecular weight is 447 g/mol. The summed E-state index contributed by atoms with van der Waals surface area (Å²) in [5, 5.41) is 0. The third kappa shape index (κ3) is 3.65. The summed E-state index contributed by atoms with van der Waals surface area (Å²) in [6, 6.07) is 15.8. The summed E-state index contributed by atoms with van der Waals surface area (Å²) in [6.45, 7) is 2.49. The van der Waals surface area contributed by atoms with Crippen molar-refractivity contribution in [3.8, 4) is 5.75 Å². The monoisotopic (exact) mass is 446 g/mol. The third-order valence-electron chi connectivity index (χ3n) is 7.22. The molecule has 2 aliphatic heterocycles. The minimum Gasteiger partial charge on any atom is -0.468 e. The van der Waals surface area contributed by atoms with Gasteiger partial charge >= 0.3 is 0 Å². The molecule has 3 unspecified atom stereocenters. The van der Waals surface area contributed by atoms with Gasteiger partial charge in [-0.2, -0.15) is 0 Å². The maximum absolute atomic E-state index is 13.4. The van der Waals surface area contributed by atoms with E-state index in [1.165, 1.54) is 0 Å². The summed E-state index contributed by atoms with van der Waals surface area (Å²) in [4.78, 5) is 32.1. The van der Waals surface area contributed by atoms with E-state index in [1.807, 2.05) is 49.4 Å². The zero-order chi connectivity index (χ0) is 23.2. The van der Waals surface area contributed by atoms with E-state index in [0.29, 0.717) is 13.0 Å². The Balaban J connectivity index is 1.26. The molecule has 33 heavy (non-hydrogen) atoms. The molecule has 1 saturated heterocycles. The van der Waals surface area contributed by atoms with Crippen molar-refractivity contribution in [1.82, 2.24) is 14.5 Å². The lowest BCUT2D eigenvalue weighted by Crippen LogP contribution is -2.64. The van der Waals surface area contributed by atoms with Gasteiger partial charge in [0, 0.05) is 32.4 Å². The van der Waals surface area contributed by atoms with E-state index in [-0.39, 0.29) is 11.8 Å². The molecule has 2 aliphatic rings. The van der Waals surface area contributed by atoms with E-state index >= 15 is 0 Å². The number of amides is 2. The number of para-hydroxylation sites is 3. The van der Waals surface area contributed by atoms with Crippen molar-refractivity contribution in [2.45, 2.75) is 50.7 Å². The Hall–Kier alpha value is -3.35. The van der Waals surface area contributed by atoms with E-state index in [4.69, 9.17) is 15.5 Å². The molecule has 7 nitrogen and oxygen atoms in total.